The molecule has 8 rings (SSSR count). The Hall–Kier alpha value is -4.66. The number of fused-ring (bicyclic) bond motifs is 7. The second-order valence-corrected chi connectivity index (χ2v) is 19.9. The minimum atomic E-state index is -1.52. The zero-order chi connectivity index (χ0) is 34.6. The molecule has 1 aliphatic rings. The Balaban J connectivity index is 0.000000281. The smallest absolute Gasteiger partial charge is 0.132 e. The molecule has 7 aromatic rings. The van der Waals surface area contributed by atoms with E-state index in [2.05, 4.69) is 82.8 Å². The van der Waals surface area contributed by atoms with Crippen LogP contribution in [-0.4, -0.2) is 18.0 Å². The van der Waals surface area contributed by atoms with Crippen LogP contribution >= 0.6 is 0 Å². The van der Waals surface area contributed by atoms with Gasteiger partial charge in [0, 0.05) is 38.1 Å². The molecule has 0 saturated heterocycles. The SMILES string of the molecule is CC1(C)c2cc([Si](C)(C)C)cnc2-c2[c-]cc3c(oc4c(-c5ccccc5)c(C#N)ccc43)c2C1(C)C.[Ir].[c-]1ccccc1-c1ccccn1. The van der Waals surface area contributed by atoms with Gasteiger partial charge in [-0.3, -0.25) is 0 Å². The largest absolute Gasteiger partial charge is 0.475 e. The quantitative estimate of drug-likeness (QED) is 0.131. The van der Waals surface area contributed by atoms with Crippen LogP contribution in [0.4, 0.5) is 0 Å². The number of furan rings is 1. The number of aromatic nitrogens is 2. The first kappa shape index (κ1) is 35.2. The monoisotopic (exact) mass is 846 g/mol. The van der Waals surface area contributed by atoms with E-state index in [0.717, 1.165) is 61.1 Å². The van der Waals surface area contributed by atoms with Crippen molar-refractivity contribution in [3.63, 3.8) is 0 Å². The molecule has 4 nitrogen and oxygen atoms in total. The molecule has 4 aromatic carbocycles. The van der Waals surface area contributed by atoms with Crippen molar-refractivity contribution in [1.82, 2.24) is 9.97 Å². The van der Waals surface area contributed by atoms with Gasteiger partial charge in [-0.25, -0.2) is 0 Å². The molecule has 3 heterocycles. The van der Waals surface area contributed by atoms with Gasteiger partial charge in [0.15, 0.2) is 0 Å². The fourth-order valence-corrected chi connectivity index (χ4v) is 7.91. The Labute approximate surface area is 309 Å². The van der Waals surface area contributed by atoms with Crippen LogP contribution in [0.15, 0.2) is 114 Å². The number of hydrogen-bond donors (Lipinski definition) is 0. The summed E-state index contributed by atoms with van der Waals surface area (Å²) in [7, 11) is -1.52. The Morgan fingerprint density at radius 3 is 2.18 bits per heavy atom. The maximum absolute atomic E-state index is 9.94. The van der Waals surface area contributed by atoms with Gasteiger partial charge >= 0.3 is 0 Å². The molecule has 0 fully saturated rings. The van der Waals surface area contributed by atoms with E-state index in [1.807, 2.05) is 91.0 Å². The Morgan fingerprint density at radius 2 is 1.52 bits per heavy atom. The summed E-state index contributed by atoms with van der Waals surface area (Å²) in [4.78, 5) is 9.28. The molecule has 251 valence electrons. The van der Waals surface area contributed by atoms with Crippen molar-refractivity contribution < 1.29 is 24.5 Å². The van der Waals surface area contributed by atoms with E-state index in [1.165, 1.54) is 10.8 Å². The van der Waals surface area contributed by atoms with E-state index in [9.17, 15) is 5.26 Å². The normalized spacial score (nSPS) is 14.0. The Bertz CT molecular complexity index is 2330. The van der Waals surface area contributed by atoms with E-state index >= 15 is 0 Å². The number of hydrogen-bond acceptors (Lipinski definition) is 4. The van der Waals surface area contributed by atoms with Gasteiger partial charge in [-0.05, 0) is 50.5 Å². The summed E-state index contributed by atoms with van der Waals surface area (Å²) in [6.07, 6.45) is 3.86. The van der Waals surface area contributed by atoms with E-state index < -0.39 is 8.07 Å². The van der Waals surface area contributed by atoms with Crippen LogP contribution in [0.3, 0.4) is 0 Å². The van der Waals surface area contributed by atoms with Crippen molar-refractivity contribution in [2.75, 3.05) is 0 Å². The molecule has 1 radical (unpaired) electrons. The fourth-order valence-electron chi connectivity index (χ4n) is 6.88. The number of benzene rings is 4. The van der Waals surface area contributed by atoms with Crippen molar-refractivity contribution in [3.05, 3.63) is 138 Å². The van der Waals surface area contributed by atoms with Gasteiger partial charge in [-0.15, -0.1) is 53.6 Å². The molecule has 0 amide bonds. The minimum absolute atomic E-state index is 0. The second kappa shape index (κ2) is 13.2. The average Bonchev–Trinajstić information content (AvgIpc) is 3.49. The van der Waals surface area contributed by atoms with Gasteiger partial charge in [-0.2, -0.15) is 5.26 Å². The van der Waals surface area contributed by atoms with Crippen LogP contribution in [0.1, 0.15) is 44.4 Å². The summed E-state index contributed by atoms with van der Waals surface area (Å²) in [6, 6.07) is 41.3. The van der Waals surface area contributed by atoms with Crippen molar-refractivity contribution in [2.45, 2.75) is 58.2 Å². The predicted molar refractivity (Wildman–Crippen MR) is 203 cm³/mol. The molecule has 50 heavy (non-hydrogen) atoms. The first-order chi connectivity index (χ1) is 23.4. The first-order valence-electron chi connectivity index (χ1n) is 16.7. The second-order valence-electron chi connectivity index (χ2n) is 14.8. The molecule has 0 bridgehead atoms. The molecule has 0 saturated carbocycles. The van der Waals surface area contributed by atoms with Gasteiger partial charge in [0.1, 0.15) is 5.58 Å². The molecule has 3 aromatic heterocycles. The first-order valence-corrected chi connectivity index (χ1v) is 20.2. The van der Waals surface area contributed by atoms with Gasteiger partial charge < -0.3 is 14.4 Å². The van der Waals surface area contributed by atoms with E-state index in [-0.39, 0.29) is 30.9 Å². The van der Waals surface area contributed by atoms with E-state index in [0.29, 0.717) is 5.56 Å². The third-order valence-corrected chi connectivity index (χ3v) is 12.4. The van der Waals surface area contributed by atoms with Gasteiger partial charge in [0.05, 0.1) is 25.3 Å². The van der Waals surface area contributed by atoms with E-state index in [4.69, 9.17) is 9.40 Å². The van der Waals surface area contributed by atoms with Crippen molar-refractivity contribution >= 4 is 35.2 Å². The fraction of sp³-hybridized carbons (Fsp3) is 0.205. The molecule has 6 heteroatoms. The van der Waals surface area contributed by atoms with Gasteiger partial charge in [0.2, 0.25) is 0 Å². The van der Waals surface area contributed by atoms with Gasteiger partial charge in [0.25, 0.3) is 0 Å². The standard InChI is InChI=1S/C33H31N2OSi.C11H8N.Ir/c1-32(2)26-17-22(37(5,6)7)19-35-29(26)25-16-15-24-23-14-13-21(18-34)27(20-11-9-8-10-12-20)30(23)36-31(24)28(25)33(32,3)4;1-2-6-10(7-3-1)11-8-4-5-9-12-11;/h8-15,17,19H,1-7H3;1-6,8-9H;/q2*-1;. The summed E-state index contributed by atoms with van der Waals surface area (Å²) in [6.45, 7) is 16.4. The molecule has 1 aliphatic carbocycles. The van der Waals surface area contributed by atoms with Crippen LogP contribution in [-0.2, 0) is 30.9 Å². The van der Waals surface area contributed by atoms with Crippen LogP contribution in [0.2, 0.25) is 19.6 Å². The number of rotatable bonds is 3. The molecule has 0 aliphatic heterocycles. The Kier molecular flexibility index (Phi) is 9.31. The van der Waals surface area contributed by atoms with Gasteiger partial charge in [-0.1, -0.05) is 118 Å². The molecule has 0 N–H and O–H groups in total. The zero-order valence-electron chi connectivity index (χ0n) is 29.5. The number of nitrogens with zero attached hydrogens (tertiary/aromatic N) is 3. The maximum Gasteiger partial charge on any atom is 0.132 e. The maximum atomic E-state index is 9.94. The van der Waals surface area contributed by atoms with Crippen LogP contribution in [0.5, 0.6) is 0 Å². The number of nitriles is 1. The van der Waals surface area contributed by atoms with Crippen LogP contribution in [0.25, 0.3) is 55.6 Å². The van der Waals surface area contributed by atoms with E-state index in [1.54, 1.807) is 6.20 Å². The van der Waals surface area contributed by atoms with Crippen molar-refractivity contribution in [3.8, 4) is 39.7 Å². The molecule has 0 spiro atoms. The van der Waals surface area contributed by atoms with Crippen LogP contribution < -0.4 is 5.19 Å². The summed E-state index contributed by atoms with van der Waals surface area (Å²) in [5.41, 5.74) is 10.1. The zero-order valence-corrected chi connectivity index (χ0v) is 32.9. The average molecular weight is 846 g/mol. The molecule has 0 unspecified atom stereocenters. The molecular formula is C44H39IrN3OSi-2. The summed E-state index contributed by atoms with van der Waals surface area (Å²) in [5.74, 6) is 0. The van der Waals surface area contributed by atoms with Crippen molar-refractivity contribution in [2.24, 2.45) is 0 Å². The van der Waals surface area contributed by atoms with Crippen LogP contribution in [0, 0.1) is 23.5 Å². The topological polar surface area (TPSA) is 62.7 Å². The molecular weight excluding hydrogens is 807 g/mol. The predicted octanol–water partition coefficient (Wildman–Crippen LogP) is 10.6. The summed E-state index contributed by atoms with van der Waals surface area (Å²) >= 11 is 0. The number of pyridine rings is 2. The third kappa shape index (κ3) is 5.84. The Morgan fingerprint density at radius 1 is 0.780 bits per heavy atom. The van der Waals surface area contributed by atoms with Crippen molar-refractivity contribution in [1.29, 1.82) is 5.26 Å². The summed E-state index contributed by atoms with van der Waals surface area (Å²) in [5, 5.41) is 13.4. The third-order valence-electron chi connectivity index (χ3n) is 10.4. The minimum Gasteiger partial charge on any atom is -0.475 e. The molecule has 0 atom stereocenters. The summed E-state index contributed by atoms with van der Waals surface area (Å²) < 4.78 is 6.81.